The fourth-order valence-electron chi connectivity index (χ4n) is 4.37. The Morgan fingerprint density at radius 2 is 1.64 bits per heavy atom. The zero-order chi connectivity index (χ0) is 20.0. The van der Waals surface area contributed by atoms with Gasteiger partial charge in [0, 0.05) is 26.1 Å². The minimum atomic E-state index is -3.40. The Balaban J connectivity index is 1.39. The number of nitrogens with zero attached hydrogens (tertiary/aromatic N) is 1. The molecule has 2 aliphatic rings. The van der Waals surface area contributed by atoms with Crippen LogP contribution in [0.15, 0.2) is 29.2 Å². The molecule has 0 spiro atoms. The average Bonchev–Trinajstić information content (AvgIpc) is 2.72. The number of hydrogen-bond donors (Lipinski definition) is 1. The molecule has 5 nitrogen and oxygen atoms in total. The molecule has 3 rings (SSSR count). The number of nitrogens with one attached hydrogen (secondary N) is 1. The number of piperidine rings is 1. The van der Waals surface area contributed by atoms with Crippen LogP contribution < -0.4 is 5.32 Å². The van der Waals surface area contributed by atoms with Gasteiger partial charge >= 0.3 is 0 Å². The SMILES string of the molecule is Cc1ccc(S(=O)(=O)N2CCC(CCC(=O)NCC3CCCCC3)CC2)cc1. The van der Waals surface area contributed by atoms with Crippen LogP contribution in [0.2, 0.25) is 0 Å². The first-order valence-corrected chi connectivity index (χ1v) is 12.2. The van der Waals surface area contributed by atoms with Gasteiger partial charge in [-0.15, -0.1) is 0 Å². The molecule has 1 N–H and O–H groups in total. The lowest BCUT2D eigenvalue weighted by Gasteiger charge is -2.31. The highest BCUT2D eigenvalue weighted by molar-refractivity contribution is 7.89. The number of sulfonamides is 1. The number of aryl methyl sites for hydroxylation is 1. The third-order valence-electron chi connectivity index (χ3n) is 6.32. The Morgan fingerprint density at radius 1 is 1.00 bits per heavy atom. The lowest BCUT2D eigenvalue weighted by atomic mass is 9.89. The van der Waals surface area contributed by atoms with E-state index in [9.17, 15) is 13.2 Å². The second-order valence-corrected chi connectivity index (χ2v) is 10.4. The van der Waals surface area contributed by atoms with Crippen LogP contribution in [0.3, 0.4) is 0 Å². The second kappa shape index (κ2) is 9.88. The van der Waals surface area contributed by atoms with Gasteiger partial charge < -0.3 is 5.32 Å². The summed E-state index contributed by atoms with van der Waals surface area (Å²) in [5.74, 6) is 1.25. The number of amides is 1. The van der Waals surface area contributed by atoms with Gasteiger partial charge in [-0.3, -0.25) is 4.79 Å². The lowest BCUT2D eigenvalue weighted by Crippen LogP contribution is -2.38. The molecule has 1 amide bonds. The summed E-state index contributed by atoms with van der Waals surface area (Å²) in [6.45, 7) is 3.87. The van der Waals surface area contributed by atoms with Crippen LogP contribution in [0, 0.1) is 18.8 Å². The molecular formula is C22H34N2O3S. The van der Waals surface area contributed by atoms with Crippen molar-refractivity contribution in [3.63, 3.8) is 0 Å². The third kappa shape index (κ3) is 5.80. The van der Waals surface area contributed by atoms with Gasteiger partial charge in [0.2, 0.25) is 15.9 Å². The van der Waals surface area contributed by atoms with E-state index < -0.39 is 10.0 Å². The van der Waals surface area contributed by atoms with Crippen LogP contribution in [0.25, 0.3) is 0 Å². The molecule has 1 saturated heterocycles. The highest BCUT2D eigenvalue weighted by atomic mass is 32.2. The Hall–Kier alpha value is -1.40. The predicted molar refractivity (Wildman–Crippen MR) is 111 cm³/mol. The van der Waals surface area contributed by atoms with Crippen molar-refractivity contribution < 1.29 is 13.2 Å². The summed E-state index contributed by atoms with van der Waals surface area (Å²) in [4.78, 5) is 12.5. The van der Waals surface area contributed by atoms with Crippen molar-refractivity contribution in [2.75, 3.05) is 19.6 Å². The van der Waals surface area contributed by atoms with E-state index in [2.05, 4.69) is 5.32 Å². The Morgan fingerprint density at radius 3 is 2.29 bits per heavy atom. The first kappa shape index (κ1) is 21.3. The quantitative estimate of drug-likeness (QED) is 0.747. The summed E-state index contributed by atoms with van der Waals surface area (Å²) < 4.78 is 27.1. The van der Waals surface area contributed by atoms with Crippen molar-refractivity contribution >= 4 is 15.9 Å². The van der Waals surface area contributed by atoms with Gasteiger partial charge in [0.05, 0.1) is 4.90 Å². The van der Waals surface area contributed by atoms with E-state index in [4.69, 9.17) is 0 Å². The first-order chi connectivity index (χ1) is 13.4. The number of carbonyl (C=O) groups is 1. The van der Waals surface area contributed by atoms with E-state index >= 15 is 0 Å². The van der Waals surface area contributed by atoms with Gasteiger partial charge in [0.1, 0.15) is 0 Å². The van der Waals surface area contributed by atoms with Crippen LogP contribution in [0.5, 0.6) is 0 Å². The predicted octanol–water partition coefficient (Wildman–Crippen LogP) is 3.87. The van der Waals surface area contributed by atoms with Gasteiger partial charge in [-0.1, -0.05) is 37.0 Å². The van der Waals surface area contributed by atoms with E-state index in [-0.39, 0.29) is 5.91 Å². The molecule has 0 bridgehead atoms. The summed E-state index contributed by atoms with van der Waals surface area (Å²) >= 11 is 0. The van der Waals surface area contributed by atoms with E-state index in [0.29, 0.717) is 36.2 Å². The van der Waals surface area contributed by atoms with Crippen molar-refractivity contribution in [3.05, 3.63) is 29.8 Å². The highest BCUT2D eigenvalue weighted by Gasteiger charge is 2.29. The Labute approximate surface area is 169 Å². The molecule has 28 heavy (non-hydrogen) atoms. The minimum Gasteiger partial charge on any atom is -0.356 e. The molecule has 6 heteroatoms. The summed E-state index contributed by atoms with van der Waals surface area (Å²) in [5.41, 5.74) is 1.06. The fourth-order valence-corrected chi connectivity index (χ4v) is 5.84. The lowest BCUT2D eigenvalue weighted by molar-refractivity contribution is -0.121. The van der Waals surface area contributed by atoms with Gasteiger partial charge in [0.15, 0.2) is 0 Å². The molecule has 156 valence electrons. The number of rotatable bonds is 7. The van der Waals surface area contributed by atoms with Crippen molar-refractivity contribution in [3.8, 4) is 0 Å². The summed E-state index contributed by atoms with van der Waals surface area (Å²) in [6, 6.07) is 7.05. The number of hydrogen-bond acceptors (Lipinski definition) is 3. The van der Waals surface area contributed by atoms with Crippen molar-refractivity contribution in [1.29, 1.82) is 0 Å². The Kier molecular flexibility index (Phi) is 7.52. The highest BCUT2D eigenvalue weighted by Crippen LogP contribution is 2.27. The maximum atomic E-state index is 12.8. The van der Waals surface area contributed by atoms with Gasteiger partial charge in [0.25, 0.3) is 0 Å². The van der Waals surface area contributed by atoms with Gasteiger partial charge in [-0.25, -0.2) is 8.42 Å². The molecule has 1 aliphatic heterocycles. The molecule has 0 radical (unpaired) electrons. The number of carbonyl (C=O) groups excluding carboxylic acids is 1. The average molecular weight is 407 g/mol. The molecular weight excluding hydrogens is 372 g/mol. The molecule has 1 aromatic carbocycles. The van der Waals surface area contributed by atoms with E-state index in [1.165, 1.54) is 32.1 Å². The van der Waals surface area contributed by atoms with E-state index in [1.54, 1.807) is 16.4 Å². The fraction of sp³-hybridized carbons (Fsp3) is 0.682. The molecule has 0 unspecified atom stereocenters. The molecule has 1 aromatic rings. The Bertz CT molecular complexity index is 732. The zero-order valence-electron chi connectivity index (χ0n) is 17.0. The molecule has 0 atom stereocenters. The molecule has 2 fully saturated rings. The topological polar surface area (TPSA) is 66.5 Å². The maximum absolute atomic E-state index is 12.8. The normalized spacial score (nSPS) is 20.2. The smallest absolute Gasteiger partial charge is 0.243 e. The maximum Gasteiger partial charge on any atom is 0.243 e. The van der Waals surface area contributed by atoms with Crippen molar-refractivity contribution in [2.24, 2.45) is 11.8 Å². The largest absolute Gasteiger partial charge is 0.356 e. The van der Waals surface area contributed by atoms with E-state index in [1.807, 2.05) is 19.1 Å². The van der Waals surface area contributed by atoms with E-state index in [0.717, 1.165) is 31.4 Å². The number of benzene rings is 1. The van der Waals surface area contributed by atoms with Crippen molar-refractivity contribution in [2.45, 2.75) is 69.6 Å². The van der Waals surface area contributed by atoms with Crippen molar-refractivity contribution in [1.82, 2.24) is 9.62 Å². The zero-order valence-corrected chi connectivity index (χ0v) is 17.8. The monoisotopic (exact) mass is 406 g/mol. The van der Waals surface area contributed by atoms with Crippen LogP contribution >= 0.6 is 0 Å². The standard InChI is InChI=1S/C22H34N2O3S/c1-18-7-10-21(11-8-18)28(26,27)24-15-13-19(14-16-24)9-12-22(25)23-17-20-5-3-2-4-6-20/h7-8,10-11,19-20H,2-6,9,12-17H2,1H3,(H,23,25). The third-order valence-corrected chi connectivity index (χ3v) is 8.24. The first-order valence-electron chi connectivity index (χ1n) is 10.8. The second-order valence-electron chi connectivity index (χ2n) is 8.51. The summed E-state index contributed by atoms with van der Waals surface area (Å²) in [5, 5.41) is 3.11. The minimum absolute atomic E-state index is 0.153. The summed E-state index contributed by atoms with van der Waals surface area (Å²) in [6.07, 6.45) is 9.50. The van der Waals surface area contributed by atoms with Gasteiger partial charge in [-0.05, 0) is 63.0 Å². The van der Waals surface area contributed by atoms with Crippen LogP contribution in [0.4, 0.5) is 0 Å². The van der Waals surface area contributed by atoms with Crippen LogP contribution in [0.1, 0.15) is 63.4 Å². The van der Waals surface area contributed by atoms with Crippen LogP contribution in [-0.2, 0) is 14.8 Å². The molecule has 1 aliphatic carbocycles. The molecule has 0 aromatic heterocycles. The summed E-state index contributed by atoms with van der Waals surface area (Å²) in [7, 11) is -3.40. The van der Waals surface area contributed by atoms with Gasteiger partial charge in [-0.2, -0.15) is 4.31 Å². The molecule has 1 saturated carbocycles. The van der Waals surface area contributed by atoms with Crippen LogP contribution in [-0.4, -0.2) is 38.3 Å². The molecule has 1 heterocycles.